The van der Waals surface area contributed by atoms with Gasteiger partial charge in [-0.3, -0.25) is 19.9 Å². The molecule has 2 amide bonds. The van der Waals surface area contributed by atoms with Crippen LogP contribution in [0, 0.1) is 16.7 Å². The maximum absolute atomic E-state index is 12.5. The molecule has 0 bridgehead atoms. The van der Waals surface area contributed by atoms with Gasteiger partial charge in [-0.05, 0) is 12.8 Å². The largest absolute Gasteiger partial charge is 0.296 e. The Morgan fingerprint density at radius 1 is 1.29 bits per heavy atom. The number of amides is 2. The summed E-state index contributed by atoms with van der Waals surface area (Å²) in [6, 6.07) is 1.84. The molecule has 1 unspecified atom stereocenters. The van der Waals surface area contributed by atoms with Crippen molar-refractivity contribution < 1.29 is 9.59 Å². The minimum atomic E-state index is -0.617. The van der Waals surface area contributed by atoms with Crippen molar-refractivity contribution in [2.45, 2.75) is 37.0 Å². The van der Waals surface area contributed by atoms with Crippen molar-refractivity contribution in [3.63, 3.8) is 0 Å². The van der Waals surface area contributed by atoms with Crippen LogP contribution in [0.5, 0.6) is 0 Å². The second-order valence-electron chi connectivity index (χ2n) is 5.02. The molecule has 8 heteroatoms. The van der Waals surface area contributed by atoms with Crippen molar-refractivity contribution in [3.05, 3.63) is 9.81 Å². The molecular formula is C13H11N3O2S3. The van der Waals surface area contributed by atoms with Crippen LogP contribution in [0.2, 0.25) is 0 Å². The van der Waals surface area contributed by atoms with E-state index in [0.29, 0.717) is 9.81 Å². The molecule has 2 aliphatic heterocycles. The fourth-order valence-electron chi connectivity index (χ4n) is 2.76. The van der Waals surface area contributed by atoms with Gasteiger partial charge in [-0.2, -0.15) is 5.26 Å². The standard InChI is InChI=1S/C13H11N3O2S3/c14-5-7(19)8-11(15)21-10-9(20-8)12(17)16(13(10)18)6-3-1-2-4-6/h6,8,15H,1-4H2. The van der Waals surface area contributed by atoms with E-state index in [-0.39, 0.29) is 27.8 Å². The molecule has 0 saturated heterocycles. The Morgan fingerprint density at radius 2 is 1.90 bits per heavy atom. The molecule has 2 heterocycles. The van der Waals surface area contributed by atoms with Crippen LogP contribution in [-0.2, 0) is 9.59 Å². The number of imide groups is 1. The molecule has 0 aromatic carbocycles. The molecule has 3 rings (SSSR count). The number of nitrogens with zero attached hydrogens (tertiary/aromatic N) is 2. The van der Waals surface area contributed by atoms with Gasteiger partial charge in [-0.1, -0.05) is 36.8 Å². The van der Waals surface area contributed by atoms with Gasteiger partial charge in [0.05, 0.1) is 14.9 Å². The zero-order chi connectivity index (χ0) is 15.1. The van der Waals surface area contributed by atoms with Crippen LogP contribution in [0.4, 0.5) is 0 Å². The number of carbonyl (C=O) groups is 2. The number of nitriles is 1. The second kappa shape index (κ2) is 5.55. The van der Waals surface area contributed by atoms with E-state index in [1.54, 1.807) is 0 Å². The van der Waals surface area contributed by atoms with Crippen molar-refractivity contribution in [3.8, 4) is 6.07 Å². The van der Waals surface area contributed by atoms with E-state index >= 15 is 0 Å². The molecule has 5 nitrogen and oxygen atoms in total. The van der Waals surface area contributed by atoms with Crippen LogP contribution < -0.4 is 0 Å². The molecule has 21 heavy (non-hydrogen) atoms. The third-order valence-corrected chi connectivity index (χ3v) is 6.87. The van der Waals surface area contributed by atoms with Gasteiger partial charge in [0, 0.05) is 6.04 Å². The van der Waals surface area contributed by atoms with E-state index in [1.165, 1.54) is 4.90 Å². The quantitative estimate of drug-likeness (QED) is 0.614. The molecule has 0 spiro atoms. The summed E-state index contributed by atoms with van der Waals surface area (Å²) in [5, 5.41) is 16.4. The summed E-state index contributed by atoms with van der Waals surface area (Å²) in [4.78, 5) is 27.1. The van der Waals surface area contributed by atoms with E-state index in [1.807, 2.05) is 6.07 Å². The topological polar surface area (TPSA) is 85.0 Å². The summed E-state index contributed by atoms with van der Waals surface area (Å²) >= 11 is 7.00. The van der Waals surface area contributed by atoms with Gasteiger partial charge in [0.2, 0.25) is 0 Å². The second-order valence-corrected chi connectivity index (χ2v) is 7.62. The summed E-state index contributed by atoms with van der Waals surface area (Å²) in [7, 11) is 0. The van der Waals surface area contributed by atoms with Crippen LogP contribution in [-0.4, -0.2) is 37.9 Å². The monoisotopic (exact) mass is 337 g/mol. The number of thioether (sulfide) groups is 2. The van der Waals surface area contributed by atoms with Gasteiger partial charge in [0.1, 0.15) is 16.2 Å². The van der Waals surface area contributed by atoms with E-state index in [2.05, 4.69) is 0 Å². The molecule has 1 N–H and O–H groups in total. The minimum Gasteiger partial charge on any atom is -0.296 e. The zero-order valence-corrected chi connectivity index (χ0v) is 13.4. The fraction of sp³-hybridized carbons (Fsp3) is 0.462. The van der Waals surface area contributed by atoms with Crippen LogP contribution >= 0.6 is 35.7 Å². The van der Waals surface area contributed by atoms with E-state index < -0.39 is 5.25 Å². The first-order chi connectivity index (χ1) is 10.0. The van der Waals surface area contributed by atoms with Gasteiger partial charge in [0.15, 0.2) is 0 Å². The lowest BCUT2D eigenvalue weighted by molar-refractivity contribution is -0.139. The fourth-order valence-corrected chi connectivity index (χ4v) is 5.36. The average molecular weight is 337 g/mol. The first kappa shape index (κ1) is 14.8. The van der Waals surface area contributed by atoms with Gasteiger partial charge < -0.3 is 0 Å². The molecule has 0 aromatic rings. The highest BCUT2D eigenvalue weighted by Crippen LogP contribution is 2.46. The van der Waals surface area contributed by atoms with E-state index in [4.69, 9.17) is 22.9 Å². The molecule has 108 valence electrons. The SMILES string of the molecule is N#CC(=S)C1SC2=C(SC1=N)C(=O)N(C1CCCC1)C2=O. The normalized spacial score (nSPS) is 26.3. The number of carbonyl (C=O) groups excluding carboxylic acids is 2. The Balaban J connectivity index is 1.90. The number of thiocarbonyl (C=S) groups is 1. The van der Waals surface area contributed by atoms with Crippen LogP contribution in [0.3, 0.4) is 0 Å². The molecule has 1 aliphatic carbocycles. The maximum atomic E-state index is 12.5. The van der Waals surface area contributed by atoms with Crippen LogP contribution in [0.15, 0.2) is 9.81 Å². The Kier molecular flexibility index (Phi) is 3.90. The molecular weight excluding hydrogens is 326 g/mol. The first-order valence-electron chi connectivity index (χ1n) is 6.53. The Bertz CT molecular complexity index is 644. The summed E-state index contributed by atoms with van der Waals surface area (Å²) in [6.07, 6.45) is 3.77. The van der Waals surface area contributed by atoms with E-state index in [0.717, 1.165) is 49.2 Å². The smallest absolute Gasteiger partial charge is 0.269 e. The third-order valence-electron chi connectivity index (χ3n) is 3.76. The minimum absolute atomic E-state index is 0.0210. The molecule has 0 aromatic heterocycles. The number of hydrogen-bond acceptors (Lipinski definition) is 7. The Hall–Kier alpha value is -1.17. The van der Waals surface area contributed by atoms with Crippen molar-refractivity contribution in [2.24, 2.45) is 0 Å². The first-order valence-corrected chi connectivity index (χ1v) is 8.64. The van der Waals surface area contributed by atoms with Gasteiger partial charge in [-0.15, -0.1) is 11.8 Å². The van der Waals surface area contributed by atoms with Crippen LogP contribution in [0.1, 0.15) is 25.7 Å². The highest BCUT2D eigenvalue weighted by Gasteiger charge is 2.47. The van der Waals surface area contributed by atoms with Crippen molar-refractivity contribution in [1.29, 1.82) is 10.7 Å². The van der Waals surface area contributed by atoms with Crippen molar-refractivity contribution >= 4 is 57.5 Å². The summed E-state index contributed by atoms with van der Waals surface area (Å²) in [5.41, 5.74) is 0. The number of hydrogen-bond donors (Lipinski definition) is 1. The summed E-state index contributed by atoms with van der Waals surface area (Å²) < 4.78 is 0. The predicted molar refractivity (Wildman–Crippen MR) is 86.0 cm³/mol. The molecule has 1 fully saturated rings. The Morgan fingerprint density at radius 3 is 2.52 bits per heavy atom. The van der Waals surface area contributed by atoms with Crippen LogP contribution in [0.25, 0.3) is 0 Å². The van der Waals surface area contributed by atoms with Crippen molar-refractivity contribution in [2.75, 3.05) is 0 Å². The molecule has 1 atom stereocenters. The third kappa shape index (κ3) is 2.33. The Labute approximate surface area is 135 Å². The lowest BCUT2D eigenvalue weighted by Crippen LogP contribution is -2.39. The van der Waals surface area contributed by atoms with Gasteiger partial charge in [-0.25, -0.2) is 0 Å². The highest BCUT2D eigenvalue weighted by molar-refractivity contribution is 8.23. The molecule has 3 aliphatic rings. The maximum Gasteiger partial charge on any atom is 0.269 e. The van der Waals surface area contributed by atoms with Gasteiger partial charge in [0.25, 0.3) is 11.8 Å². The molecule has 0 radical (unpaired) electrons. The lowest BCUT2D eigenvalue weighted by atomic mass is 10.2. The summed E-state index contributed by atoms with van der Waals surface area (Å²) in [5.74, 6) is -0.567. The summed E-state index contributed by atoms with van der Waals surface area (Å²) in [6.45, 7) is 0. The average Bonchev–Trinajstić information content (AvgIpc) is 3.06. The zero-order valence-electron chi connectivity index (χ0n) is 10.9. The predicted octanol–water partition coefficient (Wildman–Crippen LogP) is 2.23. The van der Waals surface area contributed by atoms with Crippen molar-refractivity contribution in [1.82, 2.24) is 4.90 Å². The van der Waals surface area contributed by atoms with Gasteiger partial charge >= 0.3 is 0 Å². The number of rotatable bonds is 2. The molecule has 1 saturated carbocycles. The van der Waals surface area contributed by atoms with E-state index in [9.17, 15) is 9.59 Å². The highest BCUT2D eigenvalue weighted by atomic mass is 32.2. The lowest BCUT2D eigenvalue weighted by Gasteiger charge is -2.21. The number of nitrogens with one attached hydrogen (secondary N) is 1.